The molecule has 1 aliphatic heterocycles. The number of anilines is 1. The second-order valence-corrected chi connectivity index (χ2v) is 8.25. The Kier molecular flexibility index (Phi) is 6.49. The molecule has 31 heavy (non-hydrogen) atoms. The Balaban J connectivity index is 1.44. The number of nitrogens with zero attached hydrogens (tertiary/aromatic N) is 4. The van der Waals surface area contributed by atoms with Gasteiger partial charge in [0.2, 0.25) is 5.91 Å². The van der Waals surface area contributed by atoms with Crippen molar-refractivity contribution in [3.63, 3.8) is 0 Å². The minimum absolute atomic E-state index is 0.0560. The molecule has 160 valence electrons. The van der Waals surface area contributed by atoms with Crippen LogP contribution in [0, 0.1) is 0 Å². The van der Waals surface area contributed by atoms with Crippen molar-refractivity contribution >= 4 is 23.2 Å². The van der Waals surface area contributed by atoms with Gasteiger partial charge in [-0.3, -0.25) is 4.79 Å². The van der Waals surface area contributed by atoms with Gasteiger partial charge in [0, 0.05) is 28.4 Å². The molecule has 0 N–H and O–H groups in total. The second kappa shape index (κ2) is 9.45. The van der Waals surface area contributed by atoms with Crippen molar-refractivity contribution in [1.29, 1.82) is 0 Å². The number of carbonyl (C=O) groups is 1. The topological polar surface area (TPSA) is 58.6 Å². The van der Waals surface area contributed by atoms with Gasteiger partial charge in [-0.1, -0.05) is 35.9 Å². The lowest BCUT2D eigenvalue weighted by molar-refractivity contribution is -0.117. The first-order valence-electron chi connectivity index (χ1n) is 10.3. The molecule has 1 aliphatic rings. The maximum atomic E-state index is 12.6. The highest BCUT2D eigenvalue weighted by atomic mass is 35.5. The van der Waals surface area contributed by atoms with Crippen LogP contribution in [0.5, 0.6) is 5.75 Å². The maximum absolute atomic E-state index is 12.6. The number of fused-ring (bicyclic) bond motifs is 1. The fourth-order valence-corrected chi connectivity index (χ4v) is 3.87. The lowest BCUT2D eigenvalue weighted by Crippen LogP contribution is -2.25. The van der Waals surface area contributed by atoms with Crippen LogP contribution in [0.3, 0.4) is 0 Å². The Morgan fingerprint density at radius 3 is 2.68 bits per heavy atom. The number of carbonyl (C=O) groups excluding carboxylic acids is 1. The van der Waals surface area contributed by atoms with E-state index in [0.717, 1.165) is 35.3 Å². The number of aromatic nitrogens is 2. The Hall–Kier alpha value is -2.96. The number of hydrogen-bond donors (Lipinski definition) is 0. The SMILES string of the molecule is CN(C)CCCOc1cnc(-c2cccc(CN3C(=O)Cc4c(Cl)cccc43)c2)nc1. The molecule has 0 saturated heterocycles. The monoisotopic (exact) mass is 436 g/mol. The van der Waals surface area contributed by atoms with Crippen LogP contribution in [-0.4, -0.2) is 48.0 Å². The van der Waals surface area contributed by atoms with Gasteiger partial charge in [-0.15, -0.1) is 0 Å². The summed E-state index contributed by atoms with van der Waals surface area (Å²) in [5, 5.41) is 0.638. The molecule has 0 spiro atoms. The van der Waals surface area contributed by atoms with Crippen molar-refractivity contribution in [2.45, 2.75) is 19.4 Å². The molecule has 6 nitrogen and oxygen atoms in total. The van der Waals surface area contributed by atoms with Crippen LogP contribution in [0.1, 0.15) is 17.5 Å². The summed E-state index contributed by atoms with van der Waals surface area (Å²) in [5.41, 5.74) is 3.69. The standard InChI is InChI=1S/C24H25ClN4O2/c1-28(2)10-5-11-31-19-14-26-24(27-15-19)18-7-3-6-17(12-18)16-29-22-9-4-8-21(25)20(22)13-23(29)30/h3-4,6-9,12,14-15H,5,10-11,13,16H2,1-2H3. The Morgan fingerprint density at radius 2 is 1.90 bits per heavy atom. The minimum atomic E-state index is 0.0560. The van der Waals surface area contributed by atoms with E-state index in [9.17, 15) is 4.79 Å². The van der Waals surface area contributed by atoms with E-state index in [1.165, 1.54) is 0 Å². The number of hydrogen-bond acceptors (Lipinski definition) is 5. The summed E-state index contributed by atoms with van der Waals surface area (Å²) in [6.07, 6.45) is 4.69. The molecule has 0 aliphatic carbocycles. The fourth-order valence-electron chi connectivity index (χ4n) is 3.63. The number of rotatable bonds is 8. The molecule has 2 aromatic carbocycles. The quantitative estimate of drug-likeness (QED) is 0.495. The first-order chi connectivity index (χ1) is 15.0. The molecule has 0 saturated carbocycles. The van der Waals surface area contributed by atoms with Crippen LogP contribution in [-0.2, 0) is 17.8 Å². The molecule has 0 bridgehead atoms. The fraction of sp³-hybridized carbons (Fsp3) is 0.292. The lowest BCUT2D eigenvalue weighted by atomic mass is 10.1. The van der Waals surface area contributed by atoms with Gasteiger partial charge >= 0.3 is 0 Å². The highest BCUT2D eigenvalue weighted by Crippen LogP contribution is 2.35. The van der Waals surface area contributed by atoms with Crippen LogP contribution >= 0.6 is 11.6 Å². The van der Waals surface area contributed by atoms with E-state index in [2.05, 4.69) is 14.9 Å². The summed E-state index contributed by atoms with van der Waals surface area (Å²) in [4.78, 5) is 25.4. The number of ether oxygens (including phenoxy) is 1. The molecular formula is C24H25ClN4O2. The predicted molar refractivity (Wildman–Crippen MR) is 122 cm³/mol. The van der Waals surface area contributed by atoms with Crippen molar-refractivity contribution in [2.75, 3.05) is 32.1 Å². The first-order valence-corrected chi connectivity index (χ1v) is 10.7. The summed E-state index contributed by atoms with van der Waals surface area (Å²) in [6.45, 7) is 2.08. The molecule has 7 heteroatoms. The smallest absolute Gasteiger partial charge is 0.231 e. The normalized spacial score (nSPS) is 13.0. The third-order valence-electron chi connectivity index (χ3n) is 5.19. The largest absolute Gasteiger partial charge is 0.490 e. The third-order valence-corrected chi connectivity index (χ3v) is 5.54. The van der Waals surface area contributed by atoms with E-state index in [-0.39, 0.29) is 5.91 Å². The number of halogens is 1. The average Bonchev–Trinajstić information content (AvgIpc) is 3.08. The highest BCUT2D eigenvalue weighted by Gasteiger charge is 2.28. The van der Waals surface area contributed by atoms with E-state index in [1.807, 2.05) is 56.6 Å². The van der Waals surface area contributed by atoms with Crippen LogP contribution in [0.15, 0.2) is 54.9 Å². The minimum Gasteiger partial charge on any atom is -0.490 e. The molecular weight excluding hydrogens is 412 g/mol. The van der Waals surface area contributed by atoms with Gasteiger partial charge < -0.3 is 14.5 Å². The van der Waals surface area contributed by atoms with E-state index >= 15 is 0 Å². The zero-order chi connectivity index (χ0) is 21.8. The summed E-state index contributed by atoms with van der Waals surface area (Å²) in [5.74, 6) is 1.34. The lowest BCUT2D eigenvalue weighted by Gasteiger charge is -2.18. The zero-order valence-electron chi connectivity index (χ0n) is 17.7. The second-order valence-electron chi connectivity index (χ2n) is 7.84. The molecule has 2 heterocycles. The van der Waals surface area contributed by atoms with Crippen molar-refractivity contribution in [3.05, 3.63) is 71.0 Å². The number of amides is 1. The van der Waals surface area contributed by atoms with Gasteiger partial charge in [0.15, 0.2) is 11.6 Å². The number of benzene rings is 2. The molecule has 3 aromatic rings. The maximum Gasteiger partial charge on any atom is 0.231 e. The predicted octanol–water partition coefficient (Wildman–Crippen LogP) is 4.22. The molecule has 0 atom stereocenters. The van der Waals surface area contributed by atoms with Crippen LogP contribution in [0.2, 0.25) is 5.02 Å². The molecule has 0 fully saturated rings. The zero-order valence-corrected chi connectivity index (χ0v) is 18.5. The van der Waals surface area contributed by atoms with Crippen molar-refractivity contribution in [2.24, 2.45) is 0 Å². The van der Waals surface area contributed by atoms with Crippen LogP contribution in [0.4, 0.5) is 5.69 Å². The van der Waals surface area contributed by atoms with Crippen molar-refractivity contribution in [3.8, 4) is 17.1 Å². The van der Waals surface area contributed by atoms with E-state index in [4.69, 9.17) is 16.3 Å². The molecule has 1 aromatic heterocycles. The summed E-state index contributed by atoms with van der Waals surface area (Å²) >= 11 is 6.27. The molecule has 1 amide bonds. The van der Waals surface area contributed by atoms with Gasteiger partial charge in [-0.25, -0.2) is 9.97 Å². The average molecular weight is 437 g/mol. The van der Waals surface area contributed by atoms with E-state index in [0.29, 0.717) is 36.2 Å². The summed E-state index contributed by atoms with van der Waals surface area (Å²) < 4.78 is 5.71. The molecule has 0 radical (unpaired) electrons. The highest BCUT2D eigenvalue weighted by molar-refractivity contribution is 6.32. The first kappa shape index (κ1) is 21.3. The van der Waals surface area contributed by atoms with Gasteiger partial charge in [-0.2, -0.15) is 0 Å². The molecule has 4 rings (SSSR count). The molecule has 0 unspecified atom stereocenters. The van der Waals surface area contributed by atoms with Gasteiger partial charge in [0.25, 0.3) is 0 Å². The Labute approximate surface area is 187 Å². The van der Waals surface area contributed by atoms with Crippen molar-refractivity contribution in [1.82, 2.24) is 14.9 Å². The Bertz CT molecular complexity index is 1070. The Morgan fingerprint density at radius 1 is 1.13 bits per heavy atom. The third kappa shape index (κ3) is 5.03. The summed E-state index contributed by atoms with van der Waals surface area (Å²) in [6, 6.07) is 13.6. The summed E-state index contributed by atoms with van der Waals surface area (Å²) in [7, 11) is 4.08. The van der Waals surface area contributed by atoms with E-state index < -0.39 is 0 Å². The van der Waals surface area contributed by atoms with Crippen LogP contribution in [0.25, 0.3) is 11.4 Å². The van der Waals surface area contributed by atoms with Crippen LogP contribution < -0.4 is 9.64 Å². The van der Waals surface area contributed by atoms with Gasteiger partial charge in [-0.05, 0) is 44.3 Å². The van der Waals surface area contributed by atoms with Gasteiger partial charge in [0.05, 0.1) is 32.0 Å². The van der Waals surface area contributed by atoms with Crippen molar-refractivity contribution < 1.29 is 9.53 Å². The van der Waals surface area contributed by atoms with E-state index in [1.54, 1.807) is 17.3 Å². The van der Waals surface area contributed by atoms with Gasteiger partial charge in [0.1, 0.15) is 0 Å².